The van der Waals surface area contributed by atoms with Crippen LogP contribution >= 0.6 is 27.5 Å². The smallest absolute Gasteiger partial charge is 0.253 e. The number of fused-ring (bicyclic) bond motifs is 1. The van der Waals surface area contributed by atoms with Crippen LogP contribution in [-0.4, -0.2) is 34.7 Å². The van der Waals surface area contributed by atoms with E-state index in [0.717, 1.165) is 41.1 Å². The van der Waals surface area contributed by atoms with Crippen LogP contribution in [0.2, 0.25) is 5.02 Å². The predicted molar refractivity (Wildman–Crippen MR) is 172 cm³/mol. The molecule has 0 bridgehead atoms. The Labute approximate surface area is 262 Å². The van der Waals surface area contributed by atoms with E-state index in [9.17, 15) is 14.4 Å². The molecule has 2 aromatic carbocycles. The molecule has 1 aromatic heterocycles. The lowest BCUT2D eigenvalue weighted by Gasteiger charge is -2.18. The highest BCUT2D eigenvalue weighted by Crippen LogP contribution is 2.36. The fourth-order valence-corrected chi connectivity index (χ4v) is 6.43. The zero-order valence-corrected chi connectivity index (χ0v) is 26.6. The summed E-state index contributed by atoms with van der Waals surface area (Å²) in [4.78, 5) is 37.9. The molecule has 3 atom stereocenters. The molecule has 4 rings (SSSR count). The van der Waals surface area contributed by atoms with Gasteiger partial charge >= 0.3 is 0 Å². The molecule has 1 N–H and O–H groups in total. The third-order valence-corrected chi connectivity index (χ3v) is 8.95. The number of rotatable bonds is 16. The van der Waals surface area contributed by atoms with Crippen LogP contribution in [0, 0.1) is 11.8 Å². The number of hydrogen-bond acceptors (Lipinski definition) is 4. The molecule has 224 valence electrons. The van der Waals surface area contributed by atoms with Crippen LogP contribution in [0.1, 0.15) is 75.1 Å². The van der Waals surface area contributed by atoms with Gasteiger partial charge in [-0.25, -0.2) is 0 Å². The first-order chi connectivity index (χ1) is 20.2. The van der Waals surface area contributed by atoms with Crippen LogP contribution in [-0.2, 0) is 16.1 Å². The SMILES string of the molecule is C=CC(=O)CCC1CCC(CCCC(=O)Cn2cc(C(=O)NCC(CC)Oc3cccc(Cl)c3)c3cc(Br)ccc32)C1. The Balaban J connectivity index is 1.31. The van der Waals surface area contributed by atoms with Crippen molar-refractivity contribution in [2.45, 2.75) is 77.4 Å². The zero-order valence-electron chi connectivity index (χ0n) is 24.2. The average molecular weight is 656 g/mol. The average Bonchev–Trinajstić information content (AvgIpc) is 3.57. The van der Waals surface area contributed by atoms with Crippen LogP contribution in [0.15, 0.2) is 65.8 Å². The number of ether oxygens (including phenoxy) is 1. The van der Waals surface area contributed by atoms with Crippen molar-refractivity contribution in [2.24, 2.45) is 11.8 Å². The number of halogens is 2. The number of allylic oxidation sites excluding steroid dienone is 1. The van der Waals surface area contributed by atoms with E-state index in [0.29, 0.717) is 54.0 Å². The van der Waals surface area contributed by atoms with Crippen molar-refractivity contribution >= 4 is 55.9 Å². The molecule has 1 saturated carbocycles. The number of benzene rings is 2. The number of aromatic nitrogens is 1. The van der Waals surface area contributed by atoms with E-state index in [1.165, 1.54) is 18.9 Å². The predicted octanol–water partition coefficient (Wildman–Crippen LogP) is 8.34. The molecule has 0 aliphatic heterocycles. The van der Waals surface area contributed by atoms with Gasteiger partial charge < -0.3 is 14.6 Å². The first-order valence-corrected chi connectivity index (χ1v) is 16.1. The van der Waals surface area contributed by atoms with E-state index in [-0.39, 0.29) is 30.1 Å². The number of carbonyl (C=O) groups is 3. The van der Waals surface area contributed by atoms with Gasteiger partial charge in [-0.3, -0.25) is 14.4 Å². The van der Waals surface area contributed by atoms with Crippen LogP contribution in [0.5, 0.6) is 5.75 Å². The van der Waals surface area contributed by atoms with Crippen LogP contribution in [0.4, 0.5) is 0 Å². The van der Waals surface area contributed by atoms with E-state index < -0.39 is 0 Å². The Morgan fingerprint density at radius 2 is 1.93 bits per heavy atom. The summed E-state index contributed by atoms with van der Waals surface area (Å²) in [6.45, 7) is 6.14. The van der Waals surface area contributed by atoms with Crippen molar-refractivity contribution in [2.75, 3.05) is 6.54 Å². The minimum absolute atomic E-state index is 0.127. The van der Waals surface area contributed by atoms with Crippen molar-refractivity contribution < 1.29 is 19.1 Å². The summed E-state index contributed by atoms with van der Waals surface area (Å²) in [5, 5.41) is 4.41. The van der Waals surface area contributed by atoms with Gasteiger partial charge in [0.05, 0.1) is 18.7 Å². The lowest BCUT2D eigenvalue weighted by Crippen LogP contribution is -2.35. The molecular formula is C34H40BrClN2O4. The lowest BCUT2D eigenvalue weighted by atomic mass is 9.95. The Morgan fingerprint density at radius 3 is 2.67 bits per heavy atom. The third kappa shape index (κ3) is 9.05. The lowest BCUT2D eigenvalue weighted by molar-refractivity contribution is -0.119. The molecule has 0 spiro atoms. The van der Waals surface area contributed by atoms with Gasteiger partial charge in [0.2, 0.25) is 0 Å². The minimum atomic E-state index is -0.209. The number of Topliss-reactive ketones (excluding diaryl/α,β-unsaturated/α-hetero) is 1. The Morgan fingerprint density at radius 1 is 1.14 bits per heavy atom. The van der Waals surface area contributed by atoms with Gasteiger partial charge in [-0.15, -0.1) is 0 Å². The number of ketones is 2. The molecule has 42 heavy (non-hydrogen) atoms. The standard InChI is InChI=1S/C34H40BrClN2O4/c1-3-27(39)15-13-24-12-11-23(17-24)7-5-9-28(40)21-38-22-32(31-18-25(35)14-16-33(31)38)34(41)37-20-29(4-2)42-30-10-6-8-26(36)19-30/h3,6,8,10,14,16,18-19,22-24,29H,1,4-5,7,9,11-13,15,17,20-21H2,2H3,(H,37,41). The molecule has 3 aromatic rings. The van der Waals surface area contributed by atoms with Gasteiger partial charge in [0, 0.05) is 39.4 Å². The molecule has 1 heterocycles. The van der Waals surface area contributed by atoms with E-state index in [1.807, 2.05) is 41.8 Å². The van der Waals surface area contributed by atoms with Crippen molar-refractivity contribution in [3.63, 3.8) is 0 Å². The summed E-state index contributed by atoms with van der Waals surface area (Å²) in [5.74, 6) is 1.99. The second kappa shape index (κ2) is 15.5. The van der Waals surface area contributed by atoms with E-state index >= 15 is 0 Å². The normalized spacial score (nSPS) is 17.2. The zero-order chi connectivity index (χ0) is 30.1. The summed E-state index contributed by atoms with van der Waals surface area (Å²) in [7, 11) is 0. The largest absolute Gasteiger partial charge is 0.489 e. The summed E-state index contributed by atoms with van der Waals surface area (Å²) >= 11 is 9.60. The van der Waals surface area contributed by atoms with Crippen LogP contribution in [0.3, 0.4) is 0 Å². The topological polar surface area (TPSA) is 77.4 Å². The molecule has 0 saturated heterocycles. The van der Waals surface area contributed by atoms with Crippen molar-refractivity contribution in [1.82, 2.24) is 9.88 Å². The highest BCUT2D eigenvalue weighted by atomic mass is 79.9. The van der Waals surface area contributed by atoms with Crippen LogP contribution < -0.4 is 10.1 Å². The Bertz CT molecular complexity index is 1420. The number of amides is 1. The first-order valence-electron chi connectivity index (χ1n) is 14.9. The number of nitrogens with zero attached hydrogens (tertiary/aromatic N) is 1. The Kier molecular flexibility index (Phi) is 11.8. The molecular weight excluding hydrogens is 616 g/mol. The van der Waals surface area contributed by atoms with Crippen molar-refractivity contribution in [3.8, 4) is 5.75 Å². The summed E-state index contributed by atoms with van der Waals surface area (Å²) in [5.41, 5.74) is 1.38. The maximum absolute atomic E-state index is 13.3. The quantitative estimate of drug-likeness (QED) is 0.157. The maximum atomic E-state index is 13.3. The second-order valence-corrected chi connectivity index (χ2v) is 12.7. The monoisotopic (exact) mass is 654 g/mol. The van der Waals surface area contributed by atoms with Gasteiger partial charge in [0.25, 0.3) is 5.91 Å². The molecule has 1 aliphatic carbocycles. The van der Waals surface area contributed by atoms with Gasteiger partial charge in [-0.1, -0.05) is 66.4 Å². The molecule has 1 amide bonds. The highest BCUT2D eigenvalue weighted by Gasteiger charge is 2.25. The van der Waals surface area contributed by atoms with Crippen molar-refractivity contribution in [3.05, 3.63) is 76.4 Å². The Hall–Kier alpha value is -2.90. The fourth-order valence-electron chi connectivity index (χ4n) is 5.89. The van der Waals surface area contributed by atoms with Crippen LogP contribution in [0.25, 0.3) is 10.9 Å². The molecule has 6 nitrogen and oxygen atoms in total. The van der Waals surface area contributed by atoms with E-state index in [1.54, 1.807) is 18.3 Å². The van der Waals surface area contributed by atoms with Gasteiger partial charge in [-0.2, -0.15) is 0 Å². The van der Waals surface area contributed by atoms with Gasteiger partial charge in [-0.05, 0) is 80.0 Å². The second-order valence-electron chi connectivity index (χ2n) is 11.3. The molecule has 1 fully saturated rings. The van der Waals surface area contributed by atoms with E-state index in [2.05, 4.69) is 27.8 Å². The summed E-state index contributed by atoms with van der Waals surface area (Å²) in [6.07, 6.45) is 11.2. The van der Waals surface area contributed by atoms with Gasteiger partial charge in [0.15, 0.2) is 11.6 Å². The number of hydrogen-bond donors (Lipinski definition) is 1. The molecule has 0 radical (unpaired) electrons. The number of carbonyl (C=O) groups excluding carboxylic acids is 3. The van der Waals surface area contributed by atoms with Crippen molar-refractivity contribution in [1.29, 1.82) is 0 Å². The number of nitrogens with one attached hydrogen (secondary N) is 1. The van der Waals surface area contributed by atoms with E-state index in [4.69, 9.17) is 16.3 Å². The fraction of sp³-hybridized carbons (Fsp3) is 0.441. The third-order valence-electron chi connectivity index (χ3n) is 8.22. The molecule has 1 aliphatic rings. The van der Waals surface area contributed by atoms with Gasteiger partial charge in [0.1, 0.15) is 11.9 Å². The molecule has 3 unspecified atom stereocenters. The summed E-state index contributed by atoms with van der Waals surface area (Å²) < 4.78 is 8.79. The summed E-state index contributed by atoms with van der Waals surface area (Å²) in [6, 6.07) is 13.0. The highest BCUT2D eigenvalue weighted by molar-refractivity contribution is 9.10. The first kappa shape index (κ1) is 32.0. The minimum Gasteiger partial charge on any atom is -0.489 e. The maximum Gasteiger partial charge on any atom is 0.253 e. The molecule has 8 heteroatoms.